The Morgan fingerprint density at radius 2 is 1.96 bits per heavy atom. The van der Waals surface area contributed by atoms with E-state index < -0.39 is 17.9 Å². The molecule has 5 nitrogen and oxygen atoms in total. The minimum absolute atomic E-state index is 0.0890. The number of hydrogen-bond donors (Lipinski definition) is 0. The van der Waals surface area contributed by atoms with Crippen molar-refractivity contribution in [3.63, 3.8) is 0 Å². The standard InChI is InChI=1S/C18H8Cl2F3N5/c1-7-13(14-9-3-2-8(19)4-12(9)25-6-11(14)21)16(20)28-18(26-7)10(5-24)15(27-28)17(22)23/h2-4,6,17H,1H3. The zero-order valence-corrected chi connectivity index (χ0v) is 15.5. The van der Waals surface area contributed by atoms with Gasteiger partial charge in [-0.3, -0.25) is 4.98 Å². The third kappa shape index (κ3) is 2.66. The molecule has 0 amide bonds. The van der Waals surface area contributed by atoms with Gasteiger partial charge in [-0.05, 0) is 19.1 Å². The van der Waals surface area contributed by atoms with Gasteiger partial charge >= 0.3 is 0 Å². The third-order valence-electron chi connectivity index (χ3n) is 4.27. The van der Waals surface area contributed by atoms with Crippen LogP contribution in [-0.2, 0) is 0 Å². The lowest BCUT2D eigenvalue weighted by Crippen LogP contribution is -2.02. The zero-order valence-electron chi connectivity index (χ0n) is 14.0. The highest BCUT2D eigenvalue weighted by Crippen LogP contribution is 2.38. The van der Waals surface area contributed by atoms with E-state index in [4.69, 9.17) is 23.2 Å². The van der Waals surface area contributed by atoms with Crippen LogP contribution in [0.2, 0.25) is 10.2 Å². The quantitative estimate of drug-likeness (QED) is 0.400. The van der Waals surface area contributed by atoms with E-state index in [-0.39, 0.29) is 33.2 Å². The number of nitrogens with zero attached hydrogens (tertiary/aromatic N) is 5. The summed E-state index contributed by atoms with van der Waals surface area (Å²) in [6, 6.07) is 6.39. The Morgan fingerprint density at radius 1 is 1.21 bits per heavy atom. The largest absolute Gasteiger partial charge is 0.283 e. The first-order valence-electron chi connectivity index (χ1n) is 7.84. The number of halogens is 5. The van der Waals surface area contributed by atoms with Crippen molar-refractivity contribution in [1.82, 2.24) is 19.6 Å². The van der Waals surface area contributed by atoms with Crippen molar-refractivity contribution in [1.29, 1.82) is 5.26 Å². The van der Waals surface area contributed by atoms with Gasteiger partial charge < -0.3 is 0 Å². The summed E-state index contributed by atoms with van der Waals surface area (Å²) in [4.78, 5) is 8.22. The fraction of sp³-hybridized carbons (Fsp3) is 0.111. The van der Waals surface area contributed by atoms with Gasteiger partial charge in [0.15, 0.2) is 5.65 Å². The monoisotopic (exact) mass is 421 g/mol. The highest BCUT2D eigenvalue weighted by molar-refractivity contribution is 6.33. The van der Waals surface area contributed by atoms with Crippen molar-refractivity contribution in [2.45, 2.75) is 13.3 Å². The zero-order chi connectivity index (χ0) is 20.2. The van der Waals surface area contributed by atoms with Gasteiger partial charge in [-0.15, -0.1) is 0 Å². The normalized spacial score (nSPS) is 11.5. The summed E-state index contributed by atoms with van der Waals surface area (Å²) < 4.78 is 42.2. The molecule has 0 saturated carbocycles. The Hall–Kier alpha value is -2.89. The minimum atomic E-state index is -2.99. The van der Waals surface area contributed by atoms with Crippen LogP contribution in [0.1, 0.15) is 23.4 Å². The number of pyridine rings is 1. The molecular weight excluding hydrogens is 414 g/mol. The molecule has 0 unspecified atom stereocenters. The predicted molar refractivity (Wildman–Crippen MR) is 98.1 cm³/mol. The lowest BCUT2D eigenvalue weighted by Gasteiger charge is -2.13. The lowest BCUT2D eigenvalue weighted by molar-refractivity contribution is 0.145. The van der Waals surface area contributed by atoms with Crippen LogP contribution in [0, 0.1) is 24.1 Å². The summed E-state index contributed by atoms with van der Waals surface area (Å²) in [6.45, 7) is 1.54. The third-order valence-corrected chi connectivity index (χ3v) is 4.85. The highest BCUT2D eigenvalue weighted by Gasteiger charge is 2.26. The Bertz CT molecular complexity index is 1310. The van der Waals surface area contributed by atoms with Crippen LogP contribution in [0.5, 0.6) is 0 Å². The van der Waals surface area contributed by atoms with Crippen LogP contribution in [0.15, 0.2) is 24.4 Å². The Labute approximate surface area is 166 Å². The molecule has 0 radical (unpaired) electrons. The molecule has 140 valence electrons. The molecule has 10 heteroatoms. The predicted octanol–water partition coefficient (Wildman–Crippen LogP) is 5.51. The second-order valence-electron chi connectivity index (χ2n) is 5.91. The summed E-state index contributed by atoms with van der Waals surface area (Å²) in [7, 11) is 0. The minimum Gasteiger partial charge on any atom is -0.253 e. The van der Waals surface area contributed by atoms with E-state index in [2.05, 4.69) is 15.1 Å². The molecule has 3 aromatic heterocycles. The maximum absolute atomic E-state index is 14.8. The first kappa shape index (κ1) is 18.5. The molecule has 3 heterocycles. The molecule has 1 aromatic carbocycles. The number of hydrogen-bond acceptors (Lipinski definition) is 4. The van der Waals surface area contributed by atoms with E-state index in [0.29, 0.717) is 15.9 Å². The van der Waals surface area contributed by atoms with E-state index in [1.54, 1.807) is 31.2 Å². The van der Waals surface area contributed by atoms with Crippen molar-refractivity contribution in [3.05, 3.63) is 57.3 Å². The number of aryl methyl sites for hydroxylation is 1. The number of nitriles is 1. The van der Waals surface area contributed by atoms with E-state index in [1.807, 2.05) is 0 Å². The number of aromatic nitrogens is 4. The molecule has 0 spiro atoms. The molecule has 4 rings (SSSR count). The van der Waals surface area contributed by atoms with E-state index in [1.165, 1.54) is 0 Å². The maximum atomic E-state index is 14.8. The van der Waals surface area contributed by atoms with Crippen molar-refractivity contribution < 1.29 is 13.2 Å². The molecular formula is C18H8Cl2F3N5. The highest BCUT2D eigenvalue weighted by atomic mass is 35.5. The van der Waals surface area contributed by atoms with Crippen LogP contribution in [-0.4, -0.2) is 19.6 Å². The molecule has 0 aliphatic heterocycles. The van der Waals surface area contributed by atoms with Gasteiger partial charge in [-0.25, -0.2) is 22.7 Å². The molecule has 0 aliphatic rings. The molecule has 0 atom stereocenters. The number of fused-ring (bicyclic) bond motifs is 2. The molecule has 0 aliphatic carbocycles. The van der Waals surface area contributed by atoms with E-state index >= 15 is 0 Å². The number of benzene rings is 1. The summed E-state index contributed by atoms with van der Waals surface area (Å²) in [5.41, 5.74) is -0.313. The van der Waals surface area contributed by atoms with E-state index in [0.717, 1.165) is 10.7 Å². The molecule has 4 aromatic rings. The summed E-state index contributed by atoms with van der Waals surface area (Å²) in [5.74, 6) is -0.678. The number of rotatable bonds is 2. The first-order chi connectivity index (χ1) is 13.3. The first-order valence-corrected chi connectivity index (χ1v) is 8.60. The van der Waals surface area contributed by atoms with Crippen LogP contribution >= 0.6 is 23.2 Å². The topological polar surface area (TPSA) is 66.9 Å². The number of alkyl halides is 2. The van der Waals surface area contributed by atoms with Gasteiger partial charge in [-0.2, -0.15) is 10.4 Å². The van der Waals surface area contributed by atoms with Crippen LogP contribution in [0.25, 0.3) is 27.7 Å². The lowest BCUT2D eigenvalue weighted by atomic mass is 10.0. The van der Waals surface area contributed by atoms with Crippen molar-refractivity contribution in [2.24, 2.45) is 0 Å². The average Bonchev–Trinajstić information content (AvgIpc) is 3.02. The Morgan fingerprint density at radius 3 is 2.64 bits per heavy atom. The Balaban J connectivity index is 2.13. The van der Waals surface area contributed by atoms with Crippen LogP contribution < -0.4 is 0 Å². The average molecular weight is 422 g/mol. The van der Waals surface area contributed by atoms with Crippen LogP contribution in [0.3, 0.4) is 0 Å². The van der Waals surface area contributed by atoms with Gasteiger partial charge in [0.2, 0.25) is 0 Å². The summed E-state index contributed by atoms with van der Waals surface area (Å²) in [5, 5.41) is 13.6. The fourth-order valence-corrected chi connectivity index (χ4v) is 3.59. The van der Waals surface area contributed by atoms with Gasteiger partial charge in [0, 0.05) is 21.5 Å². The molecule has 28 heavy (non-hydrogen) atoms. The van der Waals surface area contributed by atoms with Gasteiger partial charge in [-0.1, -0.05) is 29.3 Å². The van der Waals surface area contributed by atoms with Crippen molar-refractivity contribution in [3.8, 4) is 17.2 Å². The second-order valence-corrected chi connectivity index (χ2v) is 6.71. The Kier molecular flexibility index (Phi) is 4.37. The molecule has 0 fully saturated rings. The van der Waals surface area contributed by atoms with Crippen molar-refractivity contribution in [2.75, 3.05) is 0 Å². The smallest absolute Gasteiger partial charge is 0.253 e. The van der Waals surface area contributed by atoms with Gasteiger partial charge in [0.05, 0.1) is 17.4 Å². The van der Waals surface area contributed by atoms with E-state index in [9.17, 15) is 18.4 Å². The summed E-state index contributed by atoms with van der Waals surface area (Å²) in [6.07, 6.45) is -1.97. The molecule has 0 bridgehead atoms. The SMILES string of the molecule is Cc1nc2c(C#N)c(C(F)F)nn2c(Cl)c1-c1c(F)cnc2cc(Cl)ccc12. The maximum Gasteiger partial charge on any atom is 0.283 e. The molecule has 0 saturated heterocycles. The van der Waals surface area contributed by atoms with Crippen LogP contribution in [0.4, 0.5) is 13.2 Å². The summed E-state index contributed by atoms with van der Waals surface area (Å²) >= 11 is 12.4. The van der Waals surface area contributed by atoms with Gasteiger partial charge in [0.1, 0.15) is 28.3 Å². The fourth-order valence-electron chi connectivity index (χ4n) is 3.08. The van der Waals surface area contributed by atoms with Crippen molar-refractivity contribution >= 4 is 39.8 Å². The molecule has 0 N–H and O–H groups in total. The second kappa shape index (κ2) is 6.62. The van der Waals surface area contributed by atoms with Gasteiger partial charge in [0.25, 0.3) is 6.43 Å².